The topological polar surface area (TPSA) is 34.1 Å². The fourth-order valence-corrected chi connectivity index (χ4v) is 6.70. The lowest BCUT2D eigenvalue weighted by molar-refractivity contribution is -0.143. The van der Waals surface area contributed by atoms with Crippen LogP contribution in [-0.4, -0.2) is 11.6 Å². The second-order valence-electron chi connectivity index (χ2n) is 9.02. The van der Waals surface area contributed by atoms with Gasteiger partial charge < -0.3 is 0 Å². The minimum Gasteiger partial charge on any atom is -0.299 e. The highest BCUT2D eigenvalue weighted by Crippen LogP contribution is 2.69. The molecule has 0 heterocycles. The largest absolute Gasteiger partial charge is 0.299 e. The number of hydrogen-bond donors (Lipinski definition) is 0. The molecule has 1 unspecified atom stereocenters. The molecule has 0 amide bonds. The van der Waals surface area contributed by atoms with E-state index in [0.717, 1.165) is 38.5 Å². The van der Waals surface area contributed by atoms with Crippen LogP contribution in [-0.2, 0) is 9.59 Å². The van der Waals surface area contributed by atoms with Gasteiger partial charge in [0, 0.05) is 18.3 Å². The molecule has 2 heteroatoms. The van der Waals surface area contributed by atoms with Crippen LogP contribution in [0.15, 0.2) is 11.6 Å². The summed E-state index contributed by atoms with van der Waals surface area (Å²) in [6, 6.07) is 0. The van der Waals surface area contributed by atoms with E-state index in [1.807, 2.05) is 6.08 Å². The lowest BCUT2D eigenvalue weighted by Crippen LogP contribution is -2.55. The van der Waals surface area contributed by atoms with E-state index in [4.69, 9.17) is 0 Å². The fourth-order valence-electron chi connectivity index (χ4n) is 6.70. The summed E-state index contributed by atoms with van der Waals surface area (Å²) >= 11 is 0. The van der Waals surface area contributed by atoms with Crippen LogP contribution in [0.2, 0.25) is 0 Å². The first-order chi connectivity index (χ1) is 10.3. The number of carbonyl (C=O) groups is 2. The summed E-state index contributed by atoms with van der Waals surface area (Å²) < 4.78 is 0. The Kier molecular flexibility index (Phi) is 2.89. The smallest absolute Gasteiger partial charge is 0.155 e. The van der Waals surface area contributed by atoms with Crippen molar-refractivity contribution in [2.45, 2.75) is 72.1 Å². The number of Topliss-reactive ketones (excluding diaryl/α,β-unsaturated/α-hetero) is 1. The van der Waals surface area contributed by atoms with E-state index in [1.54, 1.807) is 0 Å². The lowest BCUT2D eigenvalue weighted by Gasteiger charge is -2.61. The van der Waals surface area contributed by atoms with Crippen LogP contribution < -0.4 is 0 Å². The van der Waals surface area contributed by atoms with Crippen LogP contribution in [0.4, 0.5) is 0 Å². The summed E-state index contributed by atoms with van der Waals surface area (Å²) in [6.07, 6.45) is 10.1. The number of rotatable bonds is 0. The maximum Gasteiger partial charge on any atom is 0.155 e. The van der Waals surface area contributed by atoms with Gasteiger partial charge in [-0.2, -0.15) is 0 Å². The summed E-state index contributed by atoms with van der Waals surface area (Å²) in [4.78, 5) is 24.4. The van der Waals surface area contributed by atoms with E-state index in [0.29, 0.717) is 23.4 Å². The van der Waals surface area contributed by atoms with Crippen molar-refractivity contribution < 1.29 is 9.59 Å². The van der Waals surface area contributed by atoms with Crippen molar-refractivity contribution in [3.05, 3.63) is 11.6 Å². The predicted molar refractivity (Wildman–Crippen MR) is 86.3 cm³/mol. The first-order valence-electron chi connectivity index (χ1n) is 9.08. The number of ketones is 2. The number of hydrogen-bond acceptors (Lipinski definition) is 2. The third-order valence-corrected chi connectivity index (χ3v) is 8.51. The minimum absolute atomic E-state index is 0.0871. The number of carbonyl (C=O) groups excluding carboxylic acids is 2. The summed E-state index contributed by atoms with van der Waals surface area (Å²) in [5.41, 5.74) is 1.73. The first kappa shape index (κ1) is 14.7. The standard InChI is InChI=1S/C20H28O2/c1-18-9-6-14(21)12-13(18)4-5-16-15(18)7-10-20(3)17(22)8-11-19(16,20)2/h12,15-16H,4-11H2,1-3H3/t15-,16?,18-,19+,20+/m0/s1. The summed E-state index contributed by atoms with van der Waals surface area (Å²) in [7, 11) is 0. The molecule has 4 aliphatic rings. The quantitative estimate of drug-likeness (QED) is 0.661. The molecule has 3 fully saturated rings. The molecule has 3 saturated carbocycles. The Morgan fingerprint density at radius 2 is 1.68 bits per heavy atom. The maximum atomic E-state index is 12.6. The van der Waals surface area contributed by atoms with Crippen molar-refractivity contribution in [3.8, 4) is 0 Å². The average Bonchev–Trinajstić information content (AvgIpc) is 2.72. The Labute approximate surface area is 133 Å². The normalized spacial score (nSPS) is 51.0. The van der Waals surface area contributed by atoms with Gasteiger partial charge in [-0.3, -0.25) is 9.59 Å². The van der Waals surface area contributed by atoms with E-state index in [9.17, 15) is 9.59 Å². The van der Waals surface area contributed by atoms with Gasteiger partial charge in [-0.1, -0.05) is 26.3 Å². The van der Waals surface area contributed by atoms with Crippen LogP contribution in [0.25, 0.3) is 0 Å². The summed E-state index contributed by atoms with van der Waals surface area (Å²) in [6.45, 7) is 7.06. The predicted octanol–water partition coefficient (Wildman–Crippen LogP) is 4.48. The molecule has 22 heavy (non-hydrogen) atoms. The molecule has 0 radical (unpaired) electrons. The second-order valence-corrected chi connectivity index (χ2v) is 9.02. The van der Waals surface area contributed by atoms with Gasteiger partial charge in [0.1, 0.15) is 5.78 Å². The van der Waals surface area contributed by atoms with Gasteiger partial charge in [0.05, 0.1) is 0 Å². The van der Waals surface area contributed by atoms with Crippen molar-refractivity contribution in [1.29, 1.82) is 0 Å². The highest BCUT2D eigenvalue weighted by atomic mass is 16.1. The molecular formula is C20H28O2. The van der Waals surface area contributed by atoms with E-state index < -0.39 is 0 Å². The van der Waals surface area contributed by atoms with E-state index in [-0.39, 0.29) is 16.2 Å². The van der Waals surface area contributed by atoms with E-state index in [2.05, 4.69) is 20.8 Å². The molecular weight excluding hydrogens is 272 g/mol. The van der Waals surface area contributed by atoms with Gasteiger partial charge >= 0.3 is 0 Å². The second kappa shape index (κ2) is 4.33. The maximum absolute atomic E-state index is 12.6. The molecule has 0 aromatic carbocycles. The van der Waals surface area contributed by atoms with Crippen LogP contribution in [0.3, 0.4) is 0 Å². The van der Waals surface area contributed by atoms with E-state index >= 15 is 0 Å². The zero-order valence-electron chi connectivity index (χ0n) is 14.2. The molecule has 4 aliphatic carbocycles. The zero-order chi connectivity index (χ0) is 15.8. The van der Waals surface area contributed by atoms with Crippen molar-refractivity contribution in [1.82, 2.24) is 0 Å². The van der Waals surface area contributed by atoms with Gasteiger partial charge in [-0.05, 0) is 67.3 Å². The molecule has 0 saturated heterocycles. The molecule has 2 nitrogen and oxygen atoms in total. The first-order valence-corrected chi connectivity index (χ1v) is 9.08. The molecule has 0 bridgehead atoms. The SMILES string of the molecule is C[C@]12CCC(=O)C=C1CCC1[C@@H]2CC[C@]2(C)C(=O)CC[C@]12C. The molecule has 0 aliphatic heterocycles. The Morgan fingerprint density at radius 1 is 0.909 bits per heavy atom. The third kappa shape index (κ3) is 1.57. The van der Waals surface area contributed by atoms with Crippen molar-refractivity contribution >= 4 is 11.6 Å². The number of allylic oxidation sites excluding steroid dienone is 1. The molecule has 5 atom stereocenters. The Morgan fingerprint density at radius 3 is 2.45 bits per heavy atom. The zero-order valence-corrected chi connectivity index (χ0v) is 14.2. The van der Waals surface area contributed by atoms with Gasteiger partial charge in [0.15, 0.2) is 5.78 Å². The third-order valence-electron chi connectivity index (χ3n) is 8.51. The Balaban J connectivity index is 1.76. The molecule has 0 aromatic rings. The van der Waals surface area contributed by atoms with Gasteiger partial charge in [0.25, 0.3) is 0 Å². The molecule has 120 valence electrons. The molecule has 4 rings (SSSR count). The summed E-state index contributed by atoms with van der Waals surface area (Å²) in [5, 5.41) is 0. The monoisotopic (exact) mass is 300 g/mol. The Hall–Kier alpha value is -0.920. The highest BCUT2D eigenvalue weighted by molar-refractivity contribution is 5.91. The van der Waals surface area contributed by atoms with Gasteiger partial charge in [-0.25, -0.2) is 0 Å². The highest BCUT2D eigenvalue weighted by Gasteiger charge is 2.64. The van der Waals surface area contributed by atoms with Gasteiger partial charge in [0.2, 0.25) is 0 Å². The van der Waals surface area contributed by atoms with Crippen LogP contribution >= 0.6 is 0 Å². The number of fused-ring (bicyclic) bond motifs is 5. The minimum atomic E-state index is -0.0871. The van der Waals surface area contributed by atoms with Crippen LogP contribution in [0.1, 0.15) is 72.1 Å². The molecule has 0 N–H and O–H groups in total. The van der Waals surface area contributed by atoms with Gasteiger partial charge in [-0.15, -0.1) is 0 Å². The van der Waals surface area contributed by atoms with Crippen molar-refractivity contribution in [3.63, 3.8) is 0 Å². The van der Waals surface area contributed by atoms with E-state index in [1.165, 1.54) is 18.4 Å². The Bertz CT molecular complexity index is 589. The lowest BCUT2D eigenvalue weighted by atomic mass is 9.43. The van der Waals surface area contributed by atoms with Crippen molar-refractivity contribution in [2.24, 2.45) is 28.1 Å². The van der Waals surface area contributed by atoms with Crippen molar-refractivity contribution in [2.75, 3.05) is 0 Å². The van der Waals surface area contributed by atoms with Crippen LogP contribution in [0.5, 0.6) is 0 Å². The summed E-state index contributed by atoms with van der Waals surface area (Å²) in [5.74, 6) is 2.17. The van der Waals surface area contributed by atoms with Crippen LogP contribution in [0, 0.1) is 28.1 Å². The fraction of sp³-hybridized carbons (Fsp3) is 0.800. The molecule has 0 spiro atoms. The average molecular weight is 300 g/mol. The molecule has 0 aromatic heterocycles.